The van der Waals surface area contributed by atoms with Crippen LogP contribution in [0.1, 0.15) is 41.0 Å². The van der Waals surface area contributed by atoms with E-state index in [-0.39, 0.29) is 35.6 Å². The number of pyridine rings is 1. The second kappa shape index (κ2) is 6.33. The molecule has 134 valence electrons. The molecular formula is C19H16FNO5. The minimum absolute atomic E-state index is 0.0510. The summed E-state index contributed by atoms with van der Waals surface area (Å²) in [5, 5.41) is 8.93. The van der Waals surface area contributed by atoms with Gasteiger partial charge >= 0.3 is 11.9 Å². The molecule has 0 bridgehead atoms. The Kier molecular flexibility index (Phi) is 4.31. The molecule has 1 aromatic carbocycles. The molecule has 0 aliphatic carbocycles. The van der Waals surface area contributed by atoms with Gasteiger partial charge in [0.1, 0.15) is 23.0 Å². The van der Waals surface area contributed by atoms with Crippen molar-refractivity contribution in [1.82, 2.24) is 4.98 Å². The van der Waals surface area contributed by atoms with E-state index in [2.05, 4.69) is 4.98 Å². The number of carbonyl (C=O) groups is 3. The Labute approximate surface area is 148 Å². The minimum Gasteiger partial charge on any atom is -0.477 e. The number of hydrogen-bond acceptors (Lipinski definition) is 5. The molecule has 0 amide bonds. The molecule has 0 unspecified atom stereocenters. The number of halogens is 1. The standard InChI is InChI=1S/C19H16FNO5/c1-19(2)13-9-14(20)11(8-16(13)26-18(19)25)7-12(22)5-10-3-4-21-15(6-10)17(23)24/h3-4,6,8-9H,5,7H2,1-2H3,(H,23,24). The van der Waals surface area contributed by atoms with Crippen LogP contribution >= 0.6 is 0 Å². The SMILES string of the molecule is CC1(C)C(=O)Oc2cc(CC(=O)Cc3ccnc(C(=O)O)c3)c(F)cc21. The van der Waals surface area contributed by atoms with E-state index < -0.39 is 23.2 Å². The van der Waals surface area contributed by atoms with E-state index in [0.29, 0.717) is 11.1 Å². The number of aromatic carboxylic acids is 1. The van der Waals surface area contributed by atoms with Crippen LogP contribution in [0, 0.1) is 5.82 Å². The number of rotatable bonds is 5. The van der Waals surface area contributed by atoms with Crippen molar-refractivity contribution >= 4 is 17.7 Å². The molecule has 1 aromatic heterocycles. The van der Waals surface area contributed by atoms with Crippen LogP contribution < -0.4 is 4.74 Å². The van der Waals surface area contributed by atoms with Crippen molar-refractivity contribution in [1.29, 1.82) is 0 Å². The van der Waals surface area contributed by atoms with E-state index in [1.807, 2.05) is 0 Å². The highest BCUT2D eigenvalue weighted by Gasteiger charge is 2.41. The summed E-state index contributed by atoms with van der Waals surface area (Å²) in [6.07, 6.45) is 1.07. The number of aromatic nitrogens is 1. The first-order valence-corrected chi connectivity index (χ1v) is 7.93. The Morgan fingerprint density at radius 1 is 1.23 bits per heavy atom. The third-order valence-electron chi connectivity index (χ3n) is 4.37. The summed E-state index contributed by atoms with van der Waals surface area (Å²) in [5.74, 6) is -2.26. The van der Waals surface area contributed by atoms with Gasteiger partial charge in [-0.15, -0.1) is 0 Å². The zero-order valence-electron chi connectivity index (χ0n) is 14.2. The molecule has 7 heteroatoms. The summed E-state index contributed by atoms with van der Waals surface area (Å²) < 4.78 is 19.5. The first-order chi connectivity index (χ1) is 12.2. The van der Waals surface area contributed by atoms with Crippen LogP contribution in [-0.4, -0.2) is 27.8 Å². The van der Waals surface area contributed by atoms with Gasteiger partial charge in [-0.1, -0.05) is 0 Å². The van der Waals surface area contributed by atoms with E-state index in [4.69, 9.17) is 9.84 Å². The number of fused-ring (bicyclic) bond motifs is 1. The Balaban J connectivity index is 1.79. The largest absolute Gasteiger partial charge is 0.477 e. The third-order valence-corrected chi connectivity index (χ3v) is 4.37. The summed E-state index contributed by atoms with van der Waals surface area (Å²) in [6.45, 7) is 3.30. The number of carboxylic acid groups (broad SMARTS) is 1. The van der Waals surface area contributed by atoms with Crippen molar-refractivity contribution in [2.45, 2.75) is 32.1 Å². The molecule has 6 nitrogen and oxygen atoms in total. The number of carboxylic acids is 1. The molecule has 1 aliphatic heterocycles. The van der Waals surface area contributed by atoms with Crippen LogP contribution in [0.25, 0.3) is 0 Å². The molecule has 0 saturated heterocycles. The number of carbonyl (C=O) groups excluding carboxylic acids is 2. The fraction of sp³-hybridized carbons (Fsp3) is 0.263. The molecule has 0 atom stereocenters. The maximum Gasteiger partial charge on any atom is 0.354 e. The minimum atomic E-state index is -1.19. The molecule has 2 heterocycles. The number of nitrogens with zero attached hydrogens (tertiary/aromatic N) is 1. The lowest BCUT2D eigenvalue weighted by molar-refractivity contribution is -0.137. The maximum atomic E-state index is 14.4. The average Bonchev–Trinajstić information content (AvgIpc) is 2.78. The van der Waals surface area contributed by atoms with Crippen LogP contribution in [0.4, 0.5) is 4.39 Å². The number of ketones is 1. The number of benzene rings is 1. The van der Waals surface area contributed by atoms with Crippen LogP contribution in [0.5, 0.6) is 5.75 Å². The molecule has 1 N–H and O–H groups in total. The molecule has 26 heavy (non-hydrogen) atoms. The molecular weight excluding hydrogens is 341 g/mol. The average molecular weight is 357 g/mol. The number of Topliss-reactive ketones (excluding diaryl/α,β-unsaturated/α-hetero) is 1. The van der Waals surface area contributed by atoms with Crippen molar-refractivity contribution in [2.24, 2.45) is 0 Å². The van der Waals surface area contributed by atoms with Gasteiger partial charge in [0.2, 0.25) is 0 Å². The monoisotopic (exact) mass is 357 g/mol. The zero-order chi connectivity index (χ0) is 19.1. The van der Waals surface area contributed by atoms with Crippen molar-refractivity contribution in [2.75, 3.05) is 0 Å². The van der Waals surface area contributed by atoms with E-state index >= 15 is 0 Å². The molecule has 0 saturated carbocycles. The van der Waals surface area contributed by atoms with Gasteiger partial charge in [-0.2, -0.15) is 0 Å². The normalized spacial score (nSPS) is 14.7. The number of hydrogen-bond donors (Lipinski definition) is 1. The van der Waals surface area contributed by atoms with E-state index in [9.17, 15) is 18.8 Å². The Bertz CT molecular complexity index is 936. The summed E-state index contributed by atoms with van der Waals surface area (Å²) in [7, 11) is 0. The quantitative estimate of drug-likeness (QED) is 0.653. The lowest BCUT2D eigenvalue weighted by atomic mass is 9.85. The topological polar surface area (TPSA) is 93.6 Å². The van der Waals surface area contributed by atoms with E-state index in [1.165, 1.54) is 30.5 Å². The lowest BCUT2D eigenvalue weighted by Crippen LogP contribution is -2.25. The van der Waals surface area contributed by atoms with Crippen LogP contribution in [-0.2, 0) is 27.8 Å². The molecule has 0 radical (unpaired) electrons. The Morgan fingerprint density at radius 2 is 1.96 bits per heavy atom. The van der Waals surface area contributed by atoms with Gasteiger partial charge in [0.15, 0.2) is 0 Å². The van der Waals surface area contributed by atoms with Crippen molar-refractivity contribution in [3.63, 3.8) is 0 Å². The molecule has 0 fully saturated rings. The van der Waals surface area contributed by atoms with Gasteiger partial charge in [0, 0.05) is 24.6 Å². The fourth-order valence-corrected chi connectivity index (χ4v) is 2.85. The molecule has 3 rings (SSSR count). The predicted octanol–water partition coefficient (Wildman–Crippen LogP) is 2.47. The Hall–Kier alpha value is -3.09. The summed E-state index contributed by atoms with van der Waals surface area (Å²) >= 11 is 0. The maximum absolute atomic E-state index is 14.4. The van der Waals surface area contributed by atoms with Crippen molar-refractivity contribution in [3.05, 3.63) is 58.7 Å². The highest BCUT2D eigenvalue weighted by molar-refractivity contribution is 5.90. The van der Waals surface area contributed by atoms with Crippen LogP contribution in [0.2, 0.25) is 0 Å². The first kappa shape index (κ1) is 17.7. The highest BCUT2D eigenvalue weighted by atomic mass is 19.1. The van der Waals surface area contributed by atoms with Gasteiger partial charge in [-0.05, 0) is 49.2 Å². The van der Waals surface area contributed by atoms with Crippen LogP contribution in [0.15, 0.2) is 30.5 Å². The zero-order valence-corrected chi connectivity index (χ0v) is 14.2. The van der Waals surface area contributed by atoms with E-state index in [1.54, 1.807) is 13.8 Å². The highest BCUT2D eigenvalue weighted by Crippen LogP contribution is 2.40. The second-order valence-corrected chi connectivity index (χ2v) is 6.70. The summed E-state index contributed by atoms with van der Waals surface area (Å²) in [4.78, 5) is 38.7. The summed E-state index contributed by atoms with van der Waals surface area (Å²) in [5.41, 5.74) is -0.0175. The number of esters is 1. The van der Waals surface area contributed by atoms with Gasteiger partial charge in [0.25, 0.3) is 0 Å². The van der Waals surface area contributed by atoms with Crippen LogP contribution in [0.3, 0.4) is 0 Å². The van der Waals surface area contributed by atoms with Crippen molar-refractivity contribution in [3.8, 4) is 5.75 Å². The van der Waals surface area contributed by atoms with Gasteiger partial charge in [0.05, 0.1) is 5.41 Å². The predicted molar refractivity (Wildman–Crippen MR) is 88.7 cm³/mol. The molecule has 0 spiro atoms. The first-order valence-electron chi connectivity index (χ1n) is 7.93. The van der Waals surface area contributed by atoms with Gasteiger partial charge < -0.3 is 9.84 Å². The Morgan fingerprint density at radius 3 is 2.65 bits per heavy atom. The summed E-state index contributed by atoms with van der Waals surface area (Å²) in [6, 6.07) is 5.46. The van der Waals surface area contributed by atoms with Gasteiger partial charge in [-0.25, -0.2) is 14.2 Å². The third kappa shape index (κ3) is 3.20. The molecule has 1 aliphatic rings. The fourth-order valence-electron chi connectivity index (χ4n) is 2.85. The van der Waals surface area contributed by atoms with Crippen molar-refractivity contribution < 1.29 is 28.6 Å². The lowest BCUT2D eigenvalue weighted by Gasteiger charge is -2.13. The molecule has 2 aromatic rings. The van der Waals surface area contributed by atoms with E-state index in [0.717, 1.165) is 0 Å². The second-order valence-electron chi connectivity index (χ2n) is 6.70. The van der Waals surface area contributed by atoms with Gasteiger partial charge in [-0.3, -0.25) is 9.59 Å². The number of ether oxygens (including phenoxy) is 1. The smallest absolute Gasteiger partial charge is 0.354 e.